The number of thiophene rings is 1. The quantitative estimate of drug-likeness (QED) is 0.457. The third kappa shape index (κ3) is 3.54. The molecule has 5 heteroatoms. The van der Waals surface area contributed by atoms with E-state index in [1.165, 1.54) is 20.9 Å². The second-order valence-corrected chi connectivity index (χ2v) is 9.14. The number of amides is 1. The molecule has 1 aliphatic heterocycles. The van der Waals surface area contributed by atoms with Crippen molar-refractivity contribution in [2.75, 3.05) is 11.4 Å². The summed E-state index contributed by atoms with van der Waals surface area (Å²) < 4.78 is 0. The maximum Gasteiger partial charge on any atom is 0.268 e. The van der Waals surface area contributed by atoms with E-state index in [0.29, 0.717) is 6.54 Å². The van der Waals surface area contributed by atoms with Gasteiger partial charge in [0.05, 0.1) is 4.88 Å². The average Bonchev–Trinajstić information content (AvgIpc) is 3.10. The highest BCUT2D eigenvalue weighted by Crippen LogP contribution is 2.46. The molecule has 0 bridgehead atoms. The molecule has 138 valence electrons. The fourth-order valence-electron chi connectivity index (χ4n) is 3.38. The molecule has 2 aromatic carbocycles. The molecule has 0 saturated heterocycles. The number of carbonyl (C=O) groups excluding carboxylic acids is 1. The van der Waals surface area contributed by atoms with Crippen molar-refractivity contribution in [1.29, 1.82) is 0 Å². The highest BCUT2D eigenvalue weighted by atomic mass is 35.5. The molecule has 2 nitrogen and oxygen atoms in total. The molecule has 0 spiro atoms. The van der Waals surface area contributed by atoms with Gasteiger partial charge in [0, 0.05) is 38.3 Å². The van der Waals surface area contributed by atoms with Gasteiger partial charge in [-0.2, -0.15) is 0 Å². The Hall–Kier alpha value is -1.75. The Bertz CT molecular complexity index is 1010. The Labute approximate surface area is 173 Å². The number of benzene rings is 2. The Morgan fingerprint density at radius 1 is 1.19 bits per heavy atom. The molecule has 1 aliphatic rings. The molecular formula is C22H20ClNOS2. The van der Waals surface area contributed by atoms with Crippen molar-refractivity contribution in [3.8, 4) is 10.4 Å². The summed E-state index contributed by atoms with van der Waals surface area (Å²) in [5, 5.41) is 0.756. The van der Waals surface area contributed by atoms with Crippen molar-refractivity contribution in [1.82, 2.24) is 0 Å². The van der Waals surface area contributed by atoms with Crippen LogP contribution in [-0.4, -0.2) is 12.5 Å². The fraction of sp³-hybridized carbons (Fsp3) is 0.227. The van der Waals surface area contributed by atoms with Gasteiger partial charge in [-0.1, -0.05) is 42.8 Å². The lowest BCUT2D eigenvalue weighted by molar-refractivity contribution is 0.0990. The largest absolute Gasteiger partial charge is 0.307 e. The first-order valence-electron chi connectivity index (χ1n) is 9.01. The molecule has 1 amide bonds. The summed E-state index contributed by atoms with van der Waals surface area (Å²) >= 11 is 9.53. The summed E-state index contributed by atoms with van der Waals surface area (Å²) in [4.78, 5) is 18.5. The molecule has 2 heterocycles. The minimum absolute atomic E-state index is 0.0889. The van der Waals surface area contributed by atoms with Gasteiger partial charge in [0.15, 0.2) is 0 Å². The van der Waals surface area contributed by atoms with Crippen LogP contribution in [0.2, 0.25) is 5.02 Å². The van der Waals surface area contributed by atoms with Gasteiger partial charge in [-0.15, -0.1) is 23.1 Å². The maximum absolute atomic E-state index is 13.4. The second-order valence-electron chi connectivity index (χ2n) is 6.64. The molecule has 0 fully saturated rings. The standard InChI is InChI=1S/C22H20ClNOS2/c1-3-10-24(18-7-5-4-6-14(18)2)22(25)20-11-15-13-26-19-12-16(23)8-9-17(19)21(15)27-20/h4-9,11-12H,3,10,13H2,1-2H3. The molecular weight excluding hydrogens is 394 g/mol. The van der Waals surface area contributed by atoms with Gasteiger partial charge in [0.1, 0.15) is 0 Å². The number of thioether (sulfide) groups is 1. The van der Waals surface area contributed by atoms with Gasteiger partial charge in [-0.3, -0.25) is 4.79 Å². The van der Waals surface area contributed by atoms with Crippen LogP contribution >= 0.6 is 34.7 Å². The molecule has 0 saturated carbocycles. The lowest BCUT2D eigenvalue weighted by Gasteiger charge is -2.23. The second kappa shape index (κ2) is 7.70. The van der Waals surface area contributed by atoms with Crippen molar-refractivity contribution in [2.24, 2.45) is 0 Å². The number of anilines is 1. The highest BCUT2D eigenvalue weighted by molar-refractivity contribution is 7.98. The maximum atomic E-state index is 13.4. The first-order chi connectivity index (χ1) is 13.1. The number of carbonyl (C=O) groups is 1. The van der Waals surface area contributed by atoms with Crippen molar-refractivity contribution < 1.29 is 4.79 Å². The minimum atomic E-state index is 0.0889. The molecule has 27 heavy (non-hydrogen) atoms. The van der Waals surface area contributed by atoms with E-state index in [4.69, 9.17) is 11.6 Å². The smallest absolute Gasteiger partial charge is 0.268 e. The first-order valence-corrected chi connectivity index (χ1v) is 11.2. The minimum Gasteiger partial charge on any atom is -0.307 e. The van der Waals surface area contributed by atoms with Crippen molar-refractivity contribution in [3.63, 3.8) is 0 Å². The number of aryl methyl sites for hydroxylation is 1. The van der Waals surface area contributed by atoms with E-state index in [0.717, 1.165) is 33.3 Å². The average molecular weight is 414 g/mol. The van der Waals surface area contributed by atoms with Gasteiger partial charge in [-0.05, 0) is 48.7 Å². The Balaban J connectivity index is 1.73. The van der Waals surface area contributed by atoms with Crippen LogP contribution in [0, 0.1) is 6.92 Å². The normalized spacial score (nSPS) is 12.4. The summed E-state index contributed by atoms with van der Waals surface area (Å²) in [5.74, 6) is 0.969. The molecule has 0 atom stereocenters. The SMILES string of the molecule is CCCN(C(=O)c1cc2c(s1)-c1ccc(Cl)cc1SC2)c1ccccc1C. The third-order valence-electron chi connectivity index (χ3n) is 4.69. The highest BCUT2D eigenvalue weighted by Gasteiger charge is 2.25. The predicted molar refractivity (Wildman–Crippen MR) is 117 cm³/mol. The summed E-state index contributed by atoms with van der Waals surface area (Å²) in [6.45, 7) is 4.88. The number of fused-ring (bicyclic) bond motifs is 3. The van der Waals surface area contributed by atoms with Gasteiger partial charge in [0.2, 0.25) is 0 Å². The zero-order valence-corrected chi connectivity index (χ0v) is 17.7. The predicted octanol–water partition coefficient (Wildman–Crippen LogP) is 7.04. The number of halogens is 1. The molecule has 0 radical (unpaired) electrons. The number of para-hydroxylation sites is 1. The molecule has 0 unspecified atom stereocenters. The lowest BCUT2D eigenvalue weighted by Crippen LogP contribution is -2.31. The Kier molecular flexibility index (Phi) is 5.31. The number of hydrogen-bond acceptors (Lipinski definition) is 3. The van der Waals surface area contributed by atoms with E-state index in [1.807, 2.05) is 35.2 Å². The third-order valence-corrected chi connectivity index (χ3v) is 7.23. The monoisotopic (exact) mass is 413 g/mol. The van der Waals surface area contributed by atoms with E-state index in [-0.39, 0.29) is 5.91 Å². The zero-order chi connectivity index (χ0) is 19.0. The molecule has 3 aromatic rings. The Morgan fingerprint density at radius 2 is 2.00 bits per heavy atom. The number of hydrogen-bond donors (Lipinski definition) is 0. The van der Waals surface area contributed by atoms with Crippen LogP contribution in [-0.2, 0) is 5.75 Å². The lowest BCUT2D eigenvalue weighted by atomic mass is 10.1. The van der Waals surface area contributed by atoms with E-state index in [9.17, 15) is 4.79 Å². The van der Waals surface area contributed by atoms with Gasteiger partial charge in [0.25, 0.3) is 5.91 Å². The molecule has 0 N–H and O–H groups in total. The first kappa shape index (κ1) is 18.6. The van der Waals surface area contributed by atoms with Gasteiger partial charge in [-0.25, -0.2) is 0 Å². The van der Waals surface area contributed by atoms with Crippen LogP contribution in [0.25, 0.3) is 10.4 Å². The van der Waals surface area contributed by atoms with Crippen molar-refractivity contribution in [3.05, 3.63) is 69.6 Å². The summed E-state index contributed by atoms with van der Waals surface area (Å²) in [5.41, 5.74) is 4.55. The molecule has 0 aliphatic carbocycles. The van der Waals surface area contributed by atoms with Crippen LogP contribution < -0.4 is 4.90 Å². The van der Waals surface area contributed by atoms with Crippen LogP contribution in [0.4, 0.5) is 5.69 Å². The molecule has 4 rings (SSSR count). The van der Waals surface area contributed by atoms with E-state index >= 15 is 0 Å². The van der Waals surface area contributed by atoms with Crippen molar-refractivity contribution in [2.45, 2.75) is 30.9 Å². The number of nitrogens with zero attached hydrogens (tertiary/aromatic N) is 1. The van der Waals surface area contributed by atoms with Gasteiger partial charge < -0.3 is 4.90 Å². The topological polar surface area (TPSA) is 20.3 Å². The summed E-state index contributed by atoms with van der Waals surface area (Å²) in [7, 11) is 0. The molecule has 1 aromatic heterocycles. The fourth-order valence-corrected chi connectivity index (χ4v) is 6.02. The zero-order valence-electron chi connectivity index (χ0n) is 15.3. The summed E-state index contributed by atoms with van der Waals surface area (Å²) in [6, 6.07) is 16.2. The van der Waals surface area contributed by atoms with E-state index in [2.05, 4.69) is 32.0 Å². The van der Waals surface area contributed by atoms with Gasteiger partial charge >= 0.3 is 0 Å². The summed E-state index contributed by atoms with van der Waals surface area (Å²) in [6.07, 6.45) is 0.919. The van der Waals surface area contributed by atoms with E-state index < -0.39 is 0 Å². The van der Waals surface area contributed by atoms with Crippen LogP contribution in [0.5, 0.6) is 0 Å². The van der Waals surface area contributed by atoms with Crippen molar-refractivity contribution >= 4 is 46.3 Å². The Morgan fingerprint density at radius 3 is 2.78 bits per heavy atom. The van der Waals surface area contributed by atoms with Crippen LogP contribution in [0.3, 0.4) is 0 Å². The van der Waals surface area contributed by atoms with E-state index in [1.54, 1.807) is 23.1 Å². The van der Waals surface area contributed by atoms with Crippen LogP contribution in [0.1, 0.15) is 34.1 Å². The number of rotatable bonds is 4. The van der Waals surface area contributed by atoms with Crippen LogP contribution in [0.15, 0.2) is 53.4 Å².